The Labute approximate surface area is 111 Å². The molecule has 1 aromatic rings. The van der Waals surface area contributed by atoms with Crippen molar-refractivity contribution in [2.45, 2.75) is 20.8 Å². The normalized spacial score (nSPS) is 16.9. The van der Waals surface area contributed by atoms with Crippen molar-refractivity contribution in [1.29, 1.82) is 0 Å². The van der Waals surface area contributed by atoms with Crippen LogP contribution in [-0.2, 0) is 4.79 Å². The van der Waals surface area contributed by atoms with E-state index in [0.29, 0.717) is 18.8 Å². The number of anilines is 1. The first-order valence-corrected chi connectivity index (χ1v) is 6.20. The number of carboxylic acid groups (broad SMARTS) is 1. The van der Waals surface area contributed by atoms with E-state index in [2.05, 4.69) is 15.5 Å². The smallest absolute Gasteiger partial charge is 0.321 e. The third-order valence-corrected chi connectivity index (χ3v) is 3.65. The summed E-state index contributed by atoms with van der Waals surface area (Å²) in [4.78, 5) is 24.4. The molecule has 1 aliphatic rings. The summed E-state index contributed by atoms with van der Waals surface area (Å²) < 4.78 is 0. The lowest BCUT2D eigenvalue weighted by molar-refractivity contribution is -0.144. The molecule has 2 amide bonds. The van der Waals surface area contributed by atoms with Crippen LogP contribution in [0.15, 0.2) is 0 Å². The summed E-state index contributed by atoms with van der Waals surface area (Å²) in [6.45, 7) is 6.28. The van der Waals surface area contributed by atoms with E-state index < -0.39 is 11.9 Å². The molecule has 7 nitrogen and oxygen atoms in total. The number of aromatic nitrogens is 2. The van der Waals surface area contributed by atoms with Gasteiger partial charge in [-0.2, -0.15) is 5.10 Å². The fraction of sp³-hybridized carbons (Fsp3) is 0.583. The molecule has 0 aromatic carbocycles. The lowest BCUT2D eigenvalue weighted by Crippen LogP contribution is -2.54. The number of H-pyrrole nitrogens is 1. The van der Waals surface area contributed by atoms with Crippen LogP contribution in [0.1, 0.15) is 18.3 Å². The number of nitrogens with zero attached hydrogens (tertiary/aromatic N) is 2. The van der Waals surface area contributed by atoms with E-state index in [1.165, 1.54) is 0 Å². The maximum atomic E-state index is 12.0. The minimum Gasteiger partial charge on any atom is -0.481 e. The molecule has 1 aromatic heterocycles. The van der Waals surface area contributed by atoms with Gasteiger partial charge in [0.2, 0.25) is 0 Å². The number of carbonyl (C=O) groups is 2. The van der Waals surface area contributed by atoms with Gasteiger partial charge in [-0.05, 0) is 13.8 Å². The zero-order valence-corrected chi connectivity index (χ0v) is 11.2. The Morgan fingerprint density at radius 3 is 2.58 bits per heavy atom. The topological polar surface area (TPSA) is 98.3 Å². The first kappa shape index (κ1) is 13.4. The van der Waals surface area contributed by atoms with E-state index in [0.717, 1.165) is 11.4 Å². The number of hydrogen-bond donors (Lipinski definition) is 3. The molecule has 1 aliphatic heterocycles. The molecule has 3 N–H and O–H groups in total. The number of aryl methyl sites for hydroxylation is 2. The van der Waals surface area contributed by atoms with Crippen molar-refractivity contribution in [3.8, 4) is 0 Å². The van der Waals surface area contributed by atoms with E-state index in [-0.39, 0.29) is 11.9 Å². The van der Waals surface area contributed by atoms with Crippen molar-refractivity contribution in [3.63, 3.8) is 0 Å². The predicted octanol–water partition coefficient (Wildman–Crippen LogP) is 1.21. The minimum atomic E-state index is -0.813. The molecule has 1 unspecified atom stereocenters. The number of urea groups is 1. The first-order chi connectivity index (χ1) is 8.90. The van der Waals surface area contributed by atoms with Gasteiger partial charge in [-0.25, -0.2) is 4.79 Å². The number of rotatable bonds is 3. The lowest BCUT2D eigenvalue weighted by atomic mass is 9.87. The summed E-state index contributed by atoms with van der Waals surface area (Å²) in [5.74, 6) is -1.19. The second kappa shape index (κ2) is 4.91. The van der Waals surface area contributed by atoms with Gasteiger partial charge >= 0.3 is 12.0 Å². The summed E-state index contributed by atoms with van der Waals surface area (Å²) in [5.41, 5.74) is 2.24. The molecule has 0 spiro atoms. The van der Waals surface area contributed by atoms with Crippen molar-refractivity contribution < 1.29 is 14.7 Å². The van der Waals surface area contributed by atoms with E-state index in [4.69, 9.17) is 5.11 Å². The Kier molecular flexibility index (Phi) is 3.46. The first-order valence-electron chi connectivity index (χ1n) is 6.20. The molecule has 1 saturated heterocycles. The summed E-state index contributed by atoms with van der Waals surface area (Å²) in [7, 11) is 0. The van der Waals surface area contributed by atoms with Crippen LogP contribution in [0.4, 0.5) is 10.5 Å². The van der Waals surface area contributed by atoms with Crippen LogP contribution in [0.2, 0.25) is 0 Å². The molecule has 1 fully saturated rings. The largest absolute Gasteiger partial charge is 0.481 e. The van der Waals surface area contributed by atoms with Crippen LogP contribution in [0, 0.1) is 25.7 Å². The maximum Gasteiger partial charge on any atom is 0.321 e. The molecule has 0 aliphatic carbocycles. The molecule has 19 heavy (non-hydrogen) atoms. The van der Waals surface area contributed by atoms with Crippen molar-refractivity contribution in [2.24, 2.45) is 11.8 Å². The van der Waals surface area contributed by atoms with Crippen molar-refractivity contribution in [3.05, 3.63) is 11.4 Å². The molecular weight excluding hydrogens is 248 g/mol. The quantitative estimate of drug-likeness (QED) is 0.765. The number of carbonyl (C=O) groups excluding carboxylic acids is 1. The molecule has 104 valence electrons. The highest BCUT2D eigenvalue weighted by Gasteiger charge is 2.37. The van der Waals surface area contributed by atoms with Gasteiger partial charge < -0.3 is 15.3 Å². The molecule has 0 radical (unpaired) electrons. The number of amides is 2. The van der Waals surface area contributed by atoms with E-state index in [9.17, 15) is 9.59 Å². The van der Waals surface area contributed by atoms with Crippen LogP contribution in [-0.4, -0.2) is 45.3 Å². The molecule has 0 saturated carbocycles. The minimum absolute atomic E-state index is 0.0368. The zero-order valence-electron chi connectivity index (χ0n) is 11.2. The van der Waals surface area contributed by atoms with Gasteiger partial charge in [0, 0.05) is 19.0 Å². The summed E-state index contributed by atoms with van der Waals surface area (Å²) in [6.07, 6.45) is 0. The number of hydrogen-bond acceptors (Lipinski definition) is 3. The Morgan fingerprint density at radius 1 is 1.47 bits per heavy atom. The molecule has 2 rings (SSSR count). The standard InChI is InChI=1S/C12H18N4O3/c1-6(11(17)18)9-4-16(5-9)12(19)13-10-7(2)14-15-8(10)3/h6,9H,4-5H2,1-3H3,(H,13,19)(H,14,15)(H,17,18). The van der Waals surface area contributed by atoms with E-state index in [1.54, 1.807) is 11.8 Å². The highest BCUT2D eigenvalue weighted by atomic mass is 16.4. The number of nitrogens with one attached hydrogen (secondary N) is 2. The Morgan fingerprint density at radius 2 is 2.11 bits per heavy atom. The molecule has 1 atom stereocenters. The van der Waals surface area contributed by atoms with Gasteiger partial charge in [0.15, 0.2) is 0 Å². The third kappa shape index (κ3) is 2.54. The van der Waals surface area contributed by atoms with Crippen molar-refractivity contribution in [1.82, 2.24) is 15.1 Å². The summed E-state index contributed by atoms with van der Waals surface area (Å²) >= 11 is 0. The highest BCUT2D eigenvalue weighted by molar-refractivity contribution is 5.91. The van der Waals surface area contributed by atoms with Crippen LogP contribution in [0.25, 0.3) is 0 Å². The molecule has 7 heteroatoms. The van der Waals surface area contributed by atoms with Gasteiger partial charge in [0.05, 0.1) is 23.0 Å². The zero-order chi connectivity index (χ0) is 14.2. The Bertz CT molecular complexity index is 486. The second-order valence-corrected chi connectivity index (χ2v) is 5.03. The Hall–Kier alpha value is -2.05. The third-order valence-electron chi connectivity index (χ3n) is 3.65. The maximum absolute atomic E-state index is 12.0. The van der Waals surface area contributed by atoms with Gasteiger partial charge in [0.25, 0.3) is 0 Å². The average molecular weight is 266 g/mol. The van der Waals surface area contributed by atoms with Gasteiger partial charge in [-0.1, -0.05) is 6.92 Å². The second-order valence-electron chi connectivity index (χ2n) is 5.03. The number of likely N-dealkylation sites (tertiary alicyclic amines) is 1. The van der Waals surface area contributed by atoms with Gasteiger partial charge in [0.1, 0.15) is 0 Å². The highest BCUT2D eigenvalue weighted by Crippen LogP contribution is 2.25. The fourth-order valence-electron chi connectivity index (χ4n) is 2.12. The van der Waals surface area contributed by atoms with Gasteiger partial charge in [-0.3, -0.25) is 9.89 Å². The average Bonchev–Trinajstić information content (AvgIpc) is 2.58. The van der Waals surface area contributed by atoms with Crippen LogP contribution in [0.3, 0.4) is 0 Å². The summed E-state index contributed by atoms with van der Waals surface area (Å²) in [6, 6.07) is -0.207. The monoisotopic (exact) mass is 266 g/mol. The number of aliphatic carboxylic acids is 1. The van der Waals surface area contributed by atoms with Crippen molar-refractivity contribution in [2.75, 3.05) is 18.4 Å². The van der Waals surface area contributed by atoms with Crippen LogP contribution >= 0.6 is 0 Å². The van der Waals surface area contributed by atoms with E-state index >= 15 is 0 Å². The van der Waals surface area contributed by atoms with Crippen molar-refractivity contribution >= 4 is 17.7 Å². The van der Waals surface area contributed by atoms with E-state index in [1.807, 2.05) is 13.8 Å². The molecule has 2 heterocycles. The predicted molar refractivity (Wildman–Crippen MR) is 68.9 cm³/mol. The van der Waals surface area contributed by atoms with Crippen LogP contribution in [0.5, 0.6) is 0 Å². The molecule has 0 bridgehead atoms. The van der Waals surface area contributed by atoms with Crippen LogP contribution < -0.4 is 5.32 Å². The SMILES string of the molecule is Cc1n[nH]c(C)c1NC(=O)N1CC(C(C)C(=O)O)C1. The fourth-order valence-corrected chi connectivity index (χ4v) is 2.12. The number of carboxylic acids is 1. The lowest BCUT2D eigenvalue weighted by Gasteiger charge is -2.41. The van der Waals surface area contributed by atoms with Gasteiger partial charge in [-0.15, -0.1) is 0 Å². The summed E-state index contributed by atoms with van der Waals surface area (Å²) in [5, 5.41) is 18.5. The number of aromatic amines is 1. The Balaban J connectivity index is 1.89. The molecular formula is C12H18N4O3.